The molecule has 5 nitrogen and oxygen atoms in total. The predicted molar refractivity (Wildman–Crippen MR) is 68.0 cm³/mol. The quantitative estimate of drug-likeness (QED) is 0.892. The van der Waals surface area contributed by atoms with Gasteiger partial charge in [-0.1, -0.05) is 11.6 Å². The number of nitrogens with zero attached hydrogens (tertiary/aromatic N) is 3. The minimum atomic E-state index is 0. The maximum absolute atomic E-state index is 6.01. The molecule has 2 rings (SSSR count). The maximum atomic E-state index is 6.01. The molecule has 1 aromatic heterocycles. The molecule has 17 heavy (non-hydrogen) atoms. The second-order valence-corrected chi connectivity index (χ2v) is 4.63. The zero-order chi connectivity index (χ0) is 11.5. The molecule has 1 aromatic rings. The molecule has 1 saturated heterocycles. The first-order chi connectivity index (χ1) is 7.66. The van der Waals surface area contributed by atoms with Crippen molar-refractivity contribution in [2.24, 2.45) is 5.73 Å². The number of likely N-dealkylation sites (tertiary alicyclic amines) is 1. The normalized spacial score (nSPS) is 23.1. The predicted octanol–water partition coefficient (Wildman–Crippen LogP) is 1.50. The van der Waals surface area contributed by atoms with E-state index in [1.54, 1.807) is 0 Å². The van der Waals surface area contributed by atoms with Crippen LogP contribution in [0, 0.1) is 6.92 Å². The number of halogens is 1. The van der Waals surface area contributed by atoms with Crippen LogP contribution in [0.1, 0.15) is 37.9 Å². The smallest absolute Gasteiger partial charge is 0.240 e. The number of aryl methyl sites for hydroxylation is 1. The SMILES string of the molecule is Cc1noc(CN2CCCCC2C(C)N)n1.Cl. The van der Waals surface area contributed by atoms with Gasteiger partial charge in [0.1, 0.15) is 0 Å². The van der Waals surface area contributed by atoms with Gasteiger partial charge in [0, 0.05) is 12.1 Å². The van der Waals surface area contributed by atoms with E-state index in [9.17, 15) is 0 Å². The highest BCUT2D eigenvalue weighted by Crippen LogP contribution is 2.20. The van der Waals surface area contributed by atoms with Gasteiger partial charge in [0.2, 0.25) is 5.89 Å². The van der Waals surface area contributed by atoms with Crippen LogP contribution in [-0.2, 0) is 6.54 Å². The van der Waals surface area contributed by atoms with E-state index in [4.69, 9.17) is 10.3 Å². The molecule has 2 atom stereocenters. The first kappa shape index (κ1) is 14.4. The average Bonchev–Trinajstić information content (AvgIpc) is 2.64. The monoisotopic (exact) mass is 260 g/mol. The van der Waals surface area contributed by atoms with Crippen LogP contribution < -0.4 is 5.73 Å². The summed E-state index contributed by atoms with van der Waals surface area (Å²) in [5, 5.41) is 3.81. The maximum Gasteiger partial charge on any atom is 0.240 e. The molecular formula is C11H21ClN4O. The van der Waals surface area contributed by atoms with Gasteiger partial charge in [-0.3, -0.25) is 4.90 Å². The van der Waals surface area contributed by atoms with E-state index >= 15 is 0 Å². The Morgan fingerprint density at radius 3 is 2.88 bits per heavy atom. The summed E-state index contributed by atoms with van der Waals surface area (Å²) in [4.78, 5) is 6.60. The van der Waals surface area contributed by atoms with Crippen LogP contribution in [0.25, 0.3) is 0 Å². The van der Waals surface area contributed by atoms with Gasteiger partial charge in [-0.2, -0.15) is 4.98 Å². The summed E-state index contributed by atoms with van der Waals surface area (Å²) in [6, 6.07) is 0.644. The number of hydrogen-bond donors (Lipinski definition) is 1. The van der Waals surface area contributed by atoms with E-state index in [0.29, 0.717) is 17.8 Å². The Balaban J connectivity index is 0.00000144. The van der Waals surface area contributed by atoms with Crippen molar-refractivity contribution in [2.45, 2.75) is 51.7 Å². The lowest BCUT2D eigenvalue weighted by atomic mass is 9.97. The second kappa shape index (κ2) is 6.33. The fourth-order valence-corrected chi connectivity index (χ4v) is 2.39. The lowest BCUT2D eigenvalue weighted by molar-refractivity contribution is 0.109. The van der Waals surface area contributed by atoms with Crippen LogP contribution in [0.5, 0.6) is 0 Å². The van der Waals surface area contributed by atoms with E-state index in [1.807, 2.05) is 6.92 Å². The molecule has 0 radical (unpaired) electrons. The van der Waals surface area contributed by atoms with Crippen LogP contribution >= 0.6 is 12.4 Å². The van der Waals surface area contributed by atoms with E-state index in [-0.39, 0.29) is 18.4 Å². The first-order valence-corrected chi connectivity index (χ1v) is 5.95. The number of aromatic nitrogens is 2. The van der Waals surface area contributed by atoms with Gasteiger partial charge >= 0.3 is 0 Å². The summed E-state index contributed by atoms with van der Waals surface area (Å²) < 4.78 is 5.15. The van der Waals surface area contributed by atoms with E-state index in [2.05, 4.69) is 22.0 Å². The Hall–Kier alpha value is -0.650. The van der Waals surface area contributed by atoms with Gasteiger partial charge in [0.05, 0.1) is 6.54 Å². The molecule has 0 aliphatic carbocycles. The third-order valence-corrected chi connectivity index (χ3v) is 3.18. The summed E-state index contributed by atoms with van der Waals surface area (Å²) in [7, 11) is 0. The van der Waals surface area contributed by atoms with Crippen LogP contribution in [0.2, 0.25) is 0 Å². The molecule has 6 heteroatoms. The molecule has 0 bridgehead atoms. The Bertz CT molecular complexity index is 342. The Morgan fingerprint density at radius 2 is 2.29 bits per heavy atom. The molecule has 1 aliphatic rings. The van der Waals surface area contributed by atoms with Crippen molar-refractivity contribution >= 4 is 12.4 Å². The number of rotatable bonds is 3. The Morgan fingerprint density at radius 1 is 1.53 bits per heavy atom. The van der Waals surface area contributed by atoms with Gasteiger partial charge in [-0.25, -0.2) is 0 Å². The Labute approximate surface area is 108 Å². The standard InChI is InChI=1S/C11H20N4O.ClH/c1-8(12)10-5-3-4-6-15(10)7-11-13-9(2)14-16-11;/h8,10H,3-7,12H2,1-2H3;1H. The zero-order valence-corrected chi connectivity index (χ0v) is 11.2. The van der Waals surface area contributed by atoms with Crippen molar-refractivity contribution in [1.82, 2.24) is 15.0 Å². The van der Waals surface area contributed by atoms with Crippen LogP contribution in [0.15, 0.2) is 4.52 Å². The fourth-order valence-electron chi connectivity index (χ4n) is 2.39. The molecule has 0 spiro atoms. The molecule has 2 heterocycles. The summed E-state index contributed by atoms with van der Waals surface area (Å²) in [5.74, 6) is 1.40. The molecular weight excluding hydrogens is 240 g/mol. The zero-order valence-electron chi connectivity index (χ0n) is 10.4. The number of piperidine rings is 1. The molecule has 1 aliphatic heterocycles. The van der Waals surface area contributed by atoms with Crippen molar-refractivity contribution in [1.29, 1.82) is 0 Å². The van der Waals surface area contributed by atoms with Crippen LogP contribution in [0.3, 0.4) is 0 Å². The highest BCUT2D eigenvalue weighted by molar-refractivity contribution is 5.85. The minimum absolute atomic E-state index is 0. The van der Waals surface area contributed by atoms with E-state index in [0.717, 1.165) is 13.1 Å². The fraction of sp³-hybridized carbons (Fsp3) is 0.818. The van der Waals surface area contributed by atoms with Gasteiger partial charge in [-0.15, -0.1) is 12.4 Å². The van der Waals surface area contributed by atoms with Crippen molar-refractivity contribution in [3.8, 4) is 0 Å². The molecule has 0 aromatic carbocycles. The summed E-state index contributed by atoms with van der Waals surface area (Å²) in [5.41, 5.74) is 6.01. The lowest BCUT2D eigenvalue weighted by Gasteiger charge is -2.37. The van der Waals surface area contributed by atoms with Gasteiger partial charge in [-0.05, 0) is 33.2 Å². The average molecular weight is 261 g/mol. The third kappa shape index (κ3) is 3.66. The van der Waals surface area contributed by atoms with E-state index < -0.39 is 0 Å². The van der Waals surface area contributed by atoms with Crippen LogP contribution in [0.4, 0.5) is 0 Å². The van der Waals surface area contributed by atoms with Gasteiger partial charge in [0.15, 0.2) is 5.82 Å². The topological polar surface area (TPSA) is 68.2 Å². The lowest BCUT2D eigenvalue weighted by Crippen LogP contribution is -2.48. The van der Waals surface area contributed by atoms with Crippen LogP contribution in [-0.4, -0.2) is 33.7 Å². The molecule has 1 fully saturated rings. The van der Waals surface area contributed by atoms with Crippen molar-refractivity contribution in [3.05, 3.63) is 11.7 Å². The molecule has 98 valence electrons. The highest BCUT2D eigenvalue weighted by Gasteiger charge is 2.26. The molecule has 0 amide bonds. The van der Waals surface area contributed by atoms with Crippen molar-refractivity contribution < 1.29 is 4.52 Å². The largest absolute Gasteiger partial charge is 0.338 e. The van der Waals surface area contributed by atoms with Crippen molar-refractivity contribution in [2.75, 3.05) is 6.54 Å². The second-order valence-electron chi connectivity index (χ2n) is 4.63. The molecule has 0 saturated carbocycles. The highest BCUT2D eigenvalue weighted by atomic mass is 35.5. The Kier molecular flexibility index (Phi) is 5.36. The van der Waals surface area contributed by atoms with E-state index in [1.165, 1.54) is 19.3 Å². The minimum Gasteiger partial charge on any atom is -0.338 e. The van der Waals surface area contributed by atoms with Gasteiger partial charge < -0.3 is 10.3 Å². The molecule has 2 N–H and O–H groups in total. The number of hydrogen-bond acceptors (Lipinski definition) is 5. The summed E-state index contributed by atoms with van der Waals surface area (Å²) in [6.07, 6.45) is 3.67. The first-order valence-electron chi connectivity index (χ1n) is 5.95. The molecule has 2 unspecified atom stereocenters. The van der Waals surface area contributed by atoms with Crippen molar-refractivity contribution in [3.63, 3.8) is 0 Å². The summed E-state index contributed by atoms with van der Waals surface area (Å²) in [6.45, 7) is 5.72. The third-order valence-electron chi connectivity index (χ3n) is 3.18. The van der Waals surface area contributed by atoms with Gasteiger partial charge in [0.25, 0.3) is 0 Å². The number of nitrogens with two attached hydrogens (primary N) is 1. The summed E-state index contributed by atoms with van der Waals surface area (Å²) >= 11 is 0.